The number of sulfonamides is 1. The van der Waals surface area contributed by atoms with Gasteiger partial charge in [0, 0.05) is 37.6 Å². The fraction of sp³-hybridized carbons (Fsp3) is 0.348. The number of benzene rings is 1. The van der Waals surface area contributed by atoms with Gasteiger partial charge in [-0.2, -0.15) is 4.31 Å². The normalized spacial score (nSPS) is 17.6. The molecule has 0 bridgehead atoms. The summed E-state index contributed by atoms with van der Waals surface area (Å²) in [4.78, 5) is 16.4. The van der Waals surface area contributed by atoms with Crippen molar-refractivity contribution in [3.8, 4) is 5.75 Å². The van der Waals surface area contributed by atoms with Gasteiger partial charge in [0.25, 0.3) is 5.91 Å². The van der Waals surface area contributed by atoms with Crippen molar-refractivity contribution in [3.05, 3.63) is 59.6 Å². The van der Waals surface area contributed by atoms with Crippen molar-refractivity contribution in [2.75, 3.05) is 26.7 Å². The fourth-order valence-corrected chi connectivity index (χ4v) is 6.62. The molecule has 0 radical (unpaired) electrons. The summed E-state index contributed by atoms with van der Waals surface area (Å²) in [5.41, 5.74) is 1.59. The van der Waals surface area contributed by atoms with Crippen LogP contribution in [0.25, 0.3) is 10.2 Å². The summed E-state index contributed by atoms with van der Waals surface area (Å²) >= 11 is 1.60. The standard InChI is InChI=1S/C23H27N3O4S2/c1-16(2)14-25-21(13-18-9-12-31-23(18)25)22(27)24-10-11-26(17(3)15-24)32(28,29)20-7-5-19(30-4)6-8-20/h5-9,12-13,17H,1,10-11,14-15H2,2-4H3. The van der Waals surface area contributed by atoms with Crippen molar-refractivity contribution in [2.45, 2.75) is 31.3 Å². The Labute approximate surface area is 192 Å². The average molecular weight is 474 g/mol. The summed E-state index contributed by atoms with van der Waals surface area (Å²) in [5.74, 6) is 0.521. The van der Waals surface area contributed by atoms with Gasteiger partial charge in [-0.25, -0.2) is 8.42 Å². The Morgan fingerprint density at radius 3 is 2.56 bits per heavy atom. The second kappa shape index (κ2) is 8.73. The van der Waals surface area contributed by atoms with E-state index < -0.39 is 10.0 Å². The Kier molecular flexibility index (Phi) is 6.15. The molecule has 1 aliphatic rings. The van der Waals surface area contributed by atoms with Gasteiger partial charge in [-0.3, -0.25) is 4.79 Å². The molecule has 1 saturated heterocycles. The smallest absolute Gasteiger partial charge is 0.270 e. The maximum absolute atomic E-state index is 13.4. The van der Waals surface area contributed by atoms with Gasteiger partial charge in [0.2, 0.25) is 10.0 Å². The number of nitrogens with zero attached hydrogens (tertiary/aromatic N) is 3. The predicted molar refractivity (Wildman–Crippen MR) is 127 cm³/mol. The van der Waals surface area contributed by atoms with Crippen LogP contribution >= 0.6 is 11.3 Å². The zero-order chi connectivity index (χ0) is 23.0. The number of rotatable bonds is 6. The lowest BCUT2D eigenvalue weighted by molar-refractivity contribution is 0.0632. The maximum Gasteiger partial charge on any atom is 0.270 e. The minimum absolute atomic E-state index is 0.0806. The molecule has 1 aromatic carbocycles. The zero-order valence-corrected chi connectivity index (χ0v) is 20.1. The van der Waals surface area contributed by atoms with E-state index in [0.29, 0.717) is 31.1 Å². The van der Waals surface area contributed by atoms with E-state index in [0.717, 1.165) is 15.8 Å². The molecule has 170 valence electrons. The summed E-state index contributed by atoms with van der Waals surface area (Å²) in [5, 5.41) is 3.05. The van der Waals surface area contributed by atoms with E-state index in [4.69, 9.17) is 4.74 Å². The molecule has 0 N–H and O–H groups in total. The predicted octanol–water partition coefficient (Wildman–Crippen LogP) is 3.82. The number of aromatic nitrogens is 1. The quantitative estimate of drug-likeness (QED) is 0.510. The summed E-state index contributed by atoms with van der Waals surface area (Å²) in [6.45, 7) is 9.28. The average Bonchev–Trinajstić information content (AvgIpc) is 3.35. The fourth-order valence-electron chi connectivity index (χ4n) is 4.11. The highest BCUT2D eigenvalue weighted by molar-refractivity contribution is 7.89. The Bertz CT molecular complexity index is 1260. The third-order valence-electron chi connectivity index (χ3n) is 5.67. The van der Waals surface area contributed by atoms with Gasteiger partial charge in [0.1, 0.15) is 16.3 Å². The second-order valence-corrected chi connectivity index (χ2v) is 10.9. The first kappa shape index (κ1) is 22.6. The van der Waals surface area contributed by atoms with Crippen LogP contribution in [-0.4, -0.2) is 60.9 Å². The van der Waals surface area contributed by atoms with Gasteiger partial charge in [-0.1, -0.05) is 12.2 Å². The first-order valence-corrected chi connectivity index (χ1v) is 12.7. The number of allylic oxidation sites excluding steroid dienone is 1. The number of carbonyl (C=O) groups excluding carboxylic acids is 1. The molecule has 0 aliphatic carbocycles. The largest absolute Gasteiger partial charge is 0.497 e. The van der Waals surface area contributed by atoms with Crippen LogP contribution < -0.4 is 4.74 Å². The van der Waals surface area contributed by atoms with Crippen LogP contribution in [0.3, 0.4) is 0 Å². The second-order valence-electron chi connectivity index (χ2n) is 8.15. The van der Waals surface area contributed by atoms with Crippen LogP contribution in [0.15, 0.2) is 58.8 Å². The van der Waals surface area contributed by atoms with E-state index in [-0.39, 0.29) is 23.4 Å². The number of amides is 1. The zero-order valence-electron chi connectivity index (χ0n) is 18.4. The Hall–Kier alpha value is -2.62. The monoisotopic (exact) mass is 473 g/mol. The van der Waals surface area contributed by atoms with Crippen LogP contribution in [-0.2, 0) is 16.6 Å². The van der Waals surface area contributed by atoms with Gasteiger partial charge in [0.05, 0.1) is 12.0 Å². The molecular formula is C23H27N3O4S2. The molecule has 32 heavy (non-hydrogen) atoms. The SMILES string of the molecule is C=C(C)Cn1c(C(=O)N2CCN(S(=O)(=O)c3ccc(OC)cc3)C(C)C2)cc2ccsc21. The topological polar surface area (TPSA) is 71.9 Å². The first-order valence-electron chi connectivity index (χ1n) is 10.4. The molecule has 1 unspecified atom stereocenters. The minimum atomic E-state index is -3.66. The molecule has 3 aromatic rings. The highest BCUT2D eigenvalue weighted by atomic mass is 32.2. The molecule has 1 aliphatic heterocycles. The van der Waals surface area contributed by atoms with Crippen LogP contribution in [0.5, 0.6) is 5.75 Å². The molecule has 0 saturated carbocycles. The summed E-state index contributed by atoms with van der Waals surface area (Å²) < 4.78 is 34.9. The molecular weight excluding hydrogens is 446 g/mol. The Balaban J connectivity index is 1.54. The lowest BCUT2D eigenvalue weighted by atomic mass is 10.2. The van der Waals surface area contributed by atoms with E-state index in [1.807, 2.05) is 35.9 Å². The third kappa shape index (κ3) is 4.07. The van der Waals surface area contributed by atoms with Crippen molar-refractivity contribution in [1.29, 1.82) is 0 Å². The van der Waals surface area contributed by atoms with E-state index in [1.165, 1.54) is 11.4 Å². The van der Waals surface area contributed by atoms with Gasteiger partial charge < -0.3 is 14.2 Å². The van der Waals surface area contributed by atoms with E-state index in [9.17, 15) is 13.2 Å². The third-order valence-corrected chi connectivity index (χ3v) is 8.65. The number of methoxy groups -OCH3 is 1. The molecule has 4 rings (SSSR count). The van der Waals surface area contributed by atoms with Crippen molar-refractivity contribution in [3.63, 3.8) is 0 Å². The Morgan fingerprint density at radius 1 is 1.22 bits per heavy atom. The number of fused-ring (bicyclic) bond motifs is 1. The number of piperazine rings is 1. The van der Waals surface area contributed by atoms with Crippen molar-refractivity contribution in [1.82, 2.24) is 13.8 Å². The summed E-state index contributed by atoms with van der Waals surface area (Å²) in [7, 11) is -2.12. The molecule has 1 amide bonds. The highest BCUT2D eigenvalue weighted by Crippen LogP contribution is 2.28. The molecule has 7 nitrogen and oxygen atoms in total. The Morgan fingerprint density at radius 2 is 1.94 bits per heavy atom. The number of hydrogen-bond donors (Lipinski definition) is 0. The number of thiophene rings is 1. The minimum Gasteiger partial charge on any atom is -0.497 e. The highest BCUT2D eigenvalue weighted by Gasteiger charge is 2.36. The van der Waals surface area contributed by atoms with Gasteiger partial charge in [0.15, 0.2) is 0 Å². The van der Waals surface area contributed by atoms with Gasteiger partial charge in [-0.05, 0) is 55.6 Å². The molecule has 3 heterocycles. The molecule has 9 heteroatoms. The number of hydrogen-bond acceptors (Lipinski definition) is 5. The summed E-state index contributed by atoms with van der Waals surface area (Å²) in [6, 6.07) is 9.96. The van der Waals surface area contributed by atoms with Crippen molar-refractivity contribution < 1.29 is 17.9 Å². The summed E-state index contributed by atoms with van der Waals surface area (Å²) in [6.07, 6.45) is 0. The lowest BCUT2D eigenvalue weighted by Crippen LogP contribution is -2.55. The molecule has 1 fully saturated rings. The molecule has 2 aromatic heterocycles. The van der Waals surface area contributed by atoms with E-state index >= 15 is 0 Å². The van der Waals surface area contributed by atoms with Crippen LogP contribution in [0.2, 0.25) is 0 Å². The van der Waals surface area contributed by atoms with Crippen LogP contribution in [0.4, 0.5) is 0 Å². The van der Waals surface area contributed by atoms with Crippen LogP contribution in [0, 0.1) is 0 Å². The molecule has 0 spiro atoms. The number of ether oxygens (including phenoxy) is 1. The van der Waals surface area contributed by atoms with Crippen molar-refractivity contribution >= 4 is 37.5 Å². The van der Waals surface area contributed by atoms with Gasteiger partial charge >= 0.3 is 0 Å². The van der Waals surface area contributed by atoms with Crippen molar-refractivity contribution in [2.24, 2.45) is 0 Å². The maximum atomic E-state index is 13.4. The van der Waals surface area contributed by atoms with E-state index in [1.54, 1.807) is 40.5 Å². The van der Waals surface area contributed by atoms with E-state index in [2.05, 4.69) is 6.58 Å². The lowest BCUT2D eigenvalue weighted by Gasteiger charge is -2.39. The molecule has 1 atom stereocenters. The number of carbonyl (C=O) groups is 1. The van der Waals surface area contributed by atoms with Gasteiger partial charge in [-0.15, -0.1) is 11.3 Å². The first-order chi connectivity index (χ1) is 15.2. The van der Waals surface area contributed by atoms with Crippen LogP contribution in [0.1, 0.15) is 24.3 Å².